The van der Waals surface area contributed by atoms with Gasteiger partial charge in [0, 0.05) is 24.7 Å². The summed E-state index contributed by atoms with van der Waals surface area (Å²) in [4.78, 5) is 15.9. The van der Waals surface area contributed by atoms with Crippen LogP contribution in [0.2, 0.25) is 0 Å². The Bertz CT molecular complexity index is 1020. The first kappa shape index (κ1) is 17.1. The fraction of sp³-hybridized carbons (Fsp3) is 0. The molecule has 0 aromatic carbocycles. The molecule has 0 aliphatic carbocycles. The maximum absolute atomic E-state index is 12.7. The molecule has 3 aromatic rings. The monoisotopic (exact) mass is 375 g/mol. The highest BCUT2D eigenvalue weighted by molar-refractivity contribution is 7.92. The second-order valence-corrected chi connectivity index (χ2v) is 8.08. The van der Waals surface area contributed by atoms with Crippen molar-refractivity contribution in [3.05, 3.63) is 66.6 Å². The summed E-state index contributed by atoms with van der Waals surface area (Å²) in [6.45, 7) is 0. The van der Waals surface area contributed by atoms with Crippen LogP contribution in [0.5, 0.6) is 0 Å². The number of rotatable bonds is 5. The molecule has 3 aromatic heterocycles. The number of carbonyl (C=O) groups is 1. The van der Waals surface area contributed by atoms with Crippen LogP contribution >= 0.6 is 11.3 Å². The van der Waals surface area contributed by atoms with Crippen molar-refractivity contribution in [1.82, 2.24) is 14.4 Å². The zero-order valence-electron chi connectivity index (χ0n) is 12.7. The summed E-state index contributed by atoms with van der Waals surface area (Å²) in [5.74, 6) is -0.700. The van der Waals surface area contributed by atoms with Crippen molar-refractivity contribution in [2.45, 2.75) is 4.21 Å². The van der Waals surface area contributed by atoms with Crippen LogP contribution in [0.4, 0.5) is 0 Å². The van der Waals surface area contributed by atoms with Crippen LogP contribution in [-0.2, 0) is 14.8 Å². The Balaban J connectivity index is 1.88. The van der Waals surface area contributed by atoms with Gasteiger partial charge in [0.25, 0.3) is 15.9 Å². The topological polar surface area (TPSA) is 101 Å². The number of hydroxylamine groups is 1. The van der Waals surface area contributed by atoms with Gasteiger partial charge in [-0.25, -0.2) is 9.45 Å². The lowest BCUT2D eigenvalue weighted by Crippen LogP contribution is -2.14. The van der Waals surface area contributed by atoms with Gasteiger partial charge in [-0.05, 0) is 42.0 Å². The molecule has 7 nitrogen and oxygen atoms in total. The molecule has 0 saturated carbocycles. The maximum atomic E-state index is 12.7. The first-order valence-corrected chi connectivity index (χ1v) is 9.33. The molecule has 0 atom stereocenters. The lowest BCUT2D eigenvalue weighted by Gasteiger charge is -2.02. The average Bonchev–Trinajstić information content (AvgIpc) is 3.30. The number of thiophene rings is 1. The van der Waals surface area contributed by atoms with Gasteiger partial charge in [-0.3, -0.25) is 15.0 Å². The highest BCUT2D eigenvalue weighted by Gasteiger charge is 2.19. The molecular formula is C16H13N3O4S2. The molecule has 0 aliphatic heterocycles. The van der Waals surface area contributed by atoms with Gasteiger partial charge >= 0.3 is 0 Å². The Kier molecular flexibility index (Phi) is 4.79. The largest absolute Gasteiger partial charge is 0.288 e. The van der Waals surface area contributed by atoms with E-state index in [1.165, 1.54) is 23.9 Å². The van der Waals surface area contributed by atoms with E-state index in [-0.39, 0.29) is 4.21 Å². The first-order valence-electron chi connectivity index (χ1n) is 7.07. The van der Waals surface area contributed by atoms with Crippen LogP contribution in [0.15, 0.2) is 65.3 Å². The predicted molar refractivity (Wildman–Crippen MR) is 93.5 cm³/mol. The Morgan fingerprint density at radius 3 is 2.80 bits per heavy atom. The highest BCUT2D eigenvalue weighted by Crippen LogP contribution is 2.30. The van der Waals surface area contributed by atoms with Gasteiger partial charge in [0.1, 0.15) is 4.21 Å². The summed E-state index contributed by atoms with van der Waals surface area (Å²) in [6, 6.07) is 10.2. The van der Waals surface area contributed by atoms with E-state index in [4.69, 9.17) is 5.21 Å². The van der Waals surface area contributed by atoms with E-state index in [1.807, 2.05) is 12.1 Å². The predicted octanol–water partition coefficient (Wildman–Crippen LogP) is 2.37. The van der Waals surface area contributed by atoms with Crippen LogP contribution in [0.3, 0.4) is 0 Å². The van der Waals surface area contributed by atoms with Crippen LogP contribution in [0.25, 0.3) is 16.6 Å². The van der Waals surface area contributed by atoms with E-state index in [0.29, 0.717) is 11.3 Å². The van der Waals surface area contributed by atoms with Crippen molar-refractivity contribution >= 4 is 33.3 Å². The zero-order valence-corrected chi connectivity index (χ0v) is 14.4. The van der Waals surface area contributed by atoms with Crippen LogP contribution < -0.4 is 5.48 Å². The molecule has 1 amide bonds. The number of nitrogens with zero attached hydrogens (tertiary/aromatic N) is 2. The molecule has 0 bridgehead atoms. The van der Waals surface area contributed by atoms with E-state index < -0.39 is 15.9 Å². The standard InChI is InChI=1S/C16H13N3O4S2/c20-15(18-21)6-4-12-8-10-19(11-12)25(22,23)16-7-5-14(24-16)13-3-1-2-9-17-13/h1-11,21H,(H,18,20). The normalized spacial score (nSPS) is 11.7. The van der Waals surface area contributed by atoms with Gasteiger partial charge in [-0.15, -0.1) is 11.3 Å². The maximum Gasteiger partial charge on any atom is 0.277 e. The minimum Gasteiger partial charge on any atom is -0.288 e. The van der Waals surface area contributed by atoms with Crippen molar-refractivity contribution in [3.63, 3.8) is 0 Å². The molecular weight excluding hydrogens is 362 g/mol. The number of amides is 1. The molecule has 9 heteroatoms. The number of aromatic nitrogens is 2. The van der Waals surface area contributed by atoms with Gasteiger partial charge < -0.3 is 0 Å². The SMILES string of the molecule is O=C(C=Cc1ccn(S(=O)(=O)c2ccc(-c3ccccn3)s2)c1)NO. The zero-order chi connectivity index (χ0) is 17.9. The van der Waals surface area contributed by atoms with E-state index in [0.717, 1.165) is 26.3 Å². The van der Waals surface area contributed by atoms with E-state index in [2.05, 4.69) is 4.98 Å². The Morgan fingerprint density at radius 1 is 1.24 bits per heavy atom. The van der Waals surface area contributed by atoms with Crippen molar-refractivity contribution in [2.75, 3.05) is 0 Å². The quantitative estimate of drug-likeness (QED) is 0.405. The fourth-order valence-corrected chi connectivity index (χ4v) is 4.65. The minimum atomic E-state index is -3.73. The highest BCUT2D eigenvalue weighted by atomic mass is 32.2. The molecule has 3 rings (SSSR count). The summed E-state index contributed by atoms with van der Waals surface area (Å²) in [5, 5.41) is 8.44. The Hall–Kier alpha value is -2.75. The van der Waals surface area contributed by atoms with Crippen molar-refractivity contribution in [3.8, 4) is 10.6 Å². The third-order valence-electron chi connectivity index (χ3n) is 3.26. The fourth-order valence-electron chi connectivity index (χ4n) is 2.06. The number of pyridine rings is 1. The van der Waals surface area contributed by atoms with Gasteiger partial charge in [0.15, 0.2) is 0 Å². The second kappa shape index (κ2) is 7.01. The lowest BCUT2D eigenvalue weighted by atomic mass is 10.3. The molecule has 0 aliphatic rings. The van der Waals surface area contributed by atoms with Gasteiger partial charge in [-0.2, -0.15) is 8.42 Å². The number of hydrogen-bond acceptors (Lipinski definition) is 6. The summed E-state index contributed by atoms with van der Waals surface area (Å²) in [7, 11) is -3.73. The molecule has 3 heterocycles. The minimum absolute atomic E-state index is 0.187. The summed E-state index contributed by atoms with van der Waals surface area (Å²) in [6.07, 6.45) is 6.92. The summed E-state index contributed by atoms with van der Waals surface area (Å²) >= 11 is 1.13. The number of carbonyl (C=O) groups excluding carboxylic acids is 1. The molecule has 0 saturated heterocycles. The summed E-state index contributed by atoms with van der Waals surface area (Å²) < 4.78 is 26.7. The average molecular weight is 375 g/mol. The van der Waals surface area contributed by atoms with Crippen molar-refractivity contribution in [1.29, 1.82) is 0 Å². The lowest BCUT2D eigenvalue weighted by molar-refractivity contribution is -0.124. The molecule has 0 radical (unpaired) electrons. The van der Waals surface area contributed by atoms with E-state index in [1.54, 1.807) is 30.5 Å². The van der Waals surface area contributed by atoms with Crippen LogP contribution in [0, 0.1) is 0 Å². The first-order chi connectivity index (χ1) is 12.0. The Morgan fingerprint density at radius 2 is 2.08 bits per heavy atom. The molecule has 128 valence electrons. The second-order valence-electron chi connectivity index (χ2n) is 4.92. The van der Waals surface area contributed by atoms with Crippen LogP contribution in [0.1, 0.15) is 5.56 Å². The van der Waals surface area contributed by atoms with Gasteiger partial charge in [-0.1, -0.05) is 6.07 Å². The molecule has 25 heavy (non-hydrogen) atoms. The molecule has 0 unspecified atom stereocenters. The third kappa shape index (κ3) is 3.68. The van der Waals surface area contributed by atoms with E-state index in [9.17, 15) is 13.2 Å². The molecule has 2 N–H and O–H groups in total. The third-order valence-corrected chi connectivity index (χ3v) is 6.47. The smallest absolute Gasteiger partial charge is 0.277 e. The van der Waals surface area contributed by atoms with Crippen LogP contribution in [-0.4, -0.2) is 28.5 Å². The number of hydrogen-bond donors (Lipinski definition) is 2. The Labute approximate surface area is 147 Å². The number of nitrogens with one attached hydrogen (secondary N) is 1. The van der Waals surface area contributed by atoms with Gasteiger partial charge in [0.2, 0.25) is 0 Å². The van der Waals surface area contributed by atoms with Crippen molar-refractivity contribution in [2.24, 2.45) is 0 Å². The molecule has 0 spiro atoms. The van der Waals surface area contributed by atoms with Crippen molar-refractivity contribution < 1.29 is 18.4 Å². The summed E-state index contributed by atoms with van der Waals surface area (Å²) in [5.41, 5.74) is 2.68. The molecule has 0 fully saturated rings. The van der Waals surface area contributed by atoms with Gasteiger partial charge in [0.05, 0.1) is 10.6 Å². The van der Waals surface area contributed by atoms with E-state index >= 15 is 0 Å².